The molecule has 136 valence electrons. The SMILES string of the molecule is CCOC(=O)c1sc(NC(=O)Cc2noc3cc(C)c(C)cc23)nc1C. The predicted molar refractivity (Wildman–Crippen MR) is 98.6 cm³/mol. The third kappa shape index (κ3) is 3.60. The molecular weight excluding hydrogens is 354 g/mol. The zero-order chi connectivity index (χ0) is 18.8. The van der Waals surface area contributed by atoms with E-state index in [0.717, 1.165) is 27.8 Å². The van der Waals surface area contributed by atoms with E-state index in [4.69, 9.17) is 9.26 Å². The number of hydrogen-bond donors (Lipinski definition) is 1. The average Bonchev–Trinajstić information content (AvgIpc) is 3.12. The lowest BCUT2D eigenvalue weighted by Crippen LogP contribution is -2.14. The van der Waals surface area contributed by atoms with Gasteiger partial charge in [0.05, 0.1) is 18.7 Å². The van der Waals surface area contributed by atoms with Crippen LogP contribution in [0.3, 0.4) is 0 Å². The molecule has 0 atom stereocenters. The summed E-state index contributed by atoms with van der Waals surface area (Å²) in [6.45, 7) is 7.73. The number of carbonyl (C=O) groups excluding carboxylic acids is 2. The Morgan fingerprint density at radius 1 is 1.23 bits per heavy atom. The van der Waals surface area contributed by atoms with Crippen LogP contribution < -0.4 is 5.32 Å². The summed E-state index contributed by atoms with van der Waals surface area (Å²) < 4.78 is 10.3. The van der Waals surface area contributed by atoms with E-state index in [9.17, 15) is 9.59 Å². The fourth-order valence-electron chi connectivity index (χ4n) is 2.52. The number of aromatic nitrogens is 2. The number of hydrogen-bond acceptors (Lipinski definition) is 7. The monoisotopic (exact) mass is 373 g/mol. The summed E-state index contributed by atoms with van der Waals surface area (Å²) in [4.78, 5) is 28.8. The van der Waals surface area contributed by atoms with E-state index in [2.05, 4.69) is 15.5 Å². The molecule has 0 aliphatic rings. The van der Waals surface area contributed by atoms with Crippen molar-refractivity contribution in [3.63, 3.8) is 0 Å². The van der Waals surface area contributed by atoms with Crippen molar-refractivity contribution >= 4 is 39.3 Å². The first-order valence-corrected chi connectivity index (χ1v) is 9.00. The molecule has 26 heavy (non-hydrogen) atoms. The van der Waals surface area contributed by atoms with Gasteiger partial charge in [0.15, 0.2) is 10.7 Å². The maximum absolute atomic E-state index is 12.3. The maximum Gasteiger partial charge on any atom is 0.350 e. The van der Waals surface area contributed by atoms with E-state index < -0.39 is 5.97 Å². The van der Waals surface area contributed by atoms with Crippen LogP contribution in [-0.4, -0.2) is 28.6 Å². The van der Waals surface area contributed by atoms with Gasteiger partial charge in [0.2, 0.25) is 5.91 Å². The van der Waals surface area contributed by atoms with Crippen LogP contribution in [0.25, 0.3) is 11.0 Å². The molecule has 1 aromatic carbocycles. The zero-order valence-electron chi connectivity index (χ0n) is 15.0. The first-order valence-electron chi connectivity index (χ1n) is 8.19. The Kier molecular flexibility index (Phi) is 5.03. The highest BCUT2D eigenvalue weighted by Gasteiger charge is 2.19. The second-order valence-corrected chi connectivity index (χ2v) is 6.94. The van der Waals surface area contributed by atoms with Crippen molar-refractivity contribution in [3.05, 3.63) is 39.5 Å². The summed E-state index contributed by atoms with van der Waals surface area (Å²) in [7, 11) is 0. The molecule has 0 saturated carbocycles. The van der Waals surface area contributed by atoms with Gasteiger partial charge in [-0.1, -0.05) is 16.5 Å². The van der Waals surface area contributed by atoms with Gasteiger partial charge in [-0.25, -0.2) is 9.78 Å². The standard InChI is InChI=1S/C18H19N3O4S/c1-5-24-17(23)16-11(4)19-18(26-16)20-15(22)8-13-12-6-9(2)10(3)7-14(12)25-21-13/h6-7H,5,8H2,1-4H3,(H,19,20,22). The molecule has 0 radical (unpaired) electrons. The lowest BCUT2D eigenvalue weighted by molar-refractivity contribution is -0.115. The number of thiazole rings is 1. The molecule has 2 heterocycles. The van der Waals surface area contributed by atoms with E-state index in [1.807, 2.05) is 26.0 Å². The molecule has 0 bridgehead atoms. The topological polar surface area (TPSA) is 94.3 Å². The second-order valence-electron chi connectivity index (χ2n) is 5.94. The molecule has 7 nitrogen and oxygen atoms in total. The summed E-state index contributed by atoms with van der Waals surface area (Å²) in [5.41, 5.74) is 3.97. The molecular formula is C18H19N3O4S. The van der Waals surface area contributed by atoms with Gasteiger partial charge in [-0.3, -0.25) is 4.79 Å². The smallest absolute Gasteiger partial charge is 0.350 e. The molecule has 8 heteroatoms. The van der Waals surface area contributed by atoms with E-state index in [0.29, 0.717) is 27.0 Å². The van der Waals surface area contributed by atoms with Gasteiger partial charge in [-0.2, -0.15) is 0 Å². The molecule has 0 spiro atoms. The third-order valence-electron chi connectivity index (χ3n) is 3.99. The van der Waals surface area contributed by atoms with Crippen molar-refractivity contribution in [2.75, 3.05) is 11.9 Å². The Hall–Kier alpha value is -2.74. The quantitative estimate of drug-likeness (QED) is 0.687. The summed E-state index contributed by atoms with van der Waals surface area (Å²) in [6, 6.07) is 3.88. The van der Waals surface area contributed by atoms with E-state index in [1.54, 1.807) is 13.8 Å². The van der Waals surface area contributed by atoms with Gasteiger partial charge >= 0.3 is 5.97 Å². The number of nitrogens with one attached hydrogen (secondary N) is 1. The van der Waals surface area contributed by atoms with Gasteiger partial charge in [-0.05, 0) is 51.0 Å². The second kappa shape index (κ2) is 7.25. The Labute approximate surface area is 154 Å². The predicted octanol–water partition coefficient (Wildman–Crippen LogP) is 3.57. The number of fused-ring (bicyclic) bond motifs is 1. The van der Waals surface area contributed by atoms with Crippen molar-refractivity contribution in [1.29, 1.82) is 0 Å². The van der Waals surface area contributed by atoms with Crippen LogP contribution in [0.4, 0.5) is 5.13 Å². The highest BCUT2D eigenvalue weighted by molar-refractivity contribution is 7.17. The minimum Gasteiger partial charge on any atom is -0.462 e. The molecule has 2 aromatic heterocycles. The Morgan fingerprint density at radius 2 is 1.96 bits per heavy atom. The molecule has 0 unspecified atom stereocenters. The van der Waals surface area contributed by atoms with Crippen molar-refractivity contribution in [2.45, 2.75) is 34.1 Å². The number of aryl methyl sites for hydroxylation is 3. The van der Waals surface area contributed by atoms with E-state index in [-0.39, 0.29) is 18.9 Å². The number of rotatable bonds is 5. The lowest BCUT2D eigenvalue weighted by Gasteiger charge is -2.01. The number of ether oxygens (including phenoxy) is 1. The van der Waals surface area contributed by atoms with Crippen LogP contribution in [0.15, 0.2) is 16.7 Å². The molecule has 3 rings (SSSR count). The minimum absolute atomic E-state index is 0.0584. The maximum atomic E-state index is 12.3. The normalized spacial score (nSPS) is 10.9. The van der Waals surface area contributed by atoms with Crippen molar-refractivity contribution in [2.24, 2.45) is 0 Å². The summed E-state index contributed by atoms with van der Waals surface area (Å²) >= 11 is 1.10. The van der Waals surface area contributed by atoms with Crippen molar-refractivity contribution in [1.82, 2.24) is 10.1 Å². The largest absolute Gasteiger partial charge is 0.462 e. The Bertz CT molecular complexity index is 990. The van der Waals surface area contributed by atoms with Gasteiger partial charge in [0.1, 0.15) is 10.6 Å². The zero-order valence-corrected chi connectivity index (χ0v) is 15.8. The van der Waals surface area contributed by atoms with Crippen LogP contribution in [-0.2, 0) is 16.0 Å². The molecule has 3 aromatic rings. The number of amides is 1. The Morgan fingerprint density at radius 3 is 2.69 bits per heavy atom. The van der Waals surface area contributed by atoms with Crippen LogP contribution in [0.2, 0.25) is 0 Å². The fraction of sp³-hybridized carbons (Fsp3) is 0.333. The Balaban J connectivity index is 1.75. The first kappa shape index (κ1) is 18.1. The highest BCUT2D eigenvalue weighted by atomic mass is 32.1. The van der Waals surface area contributed by atoms with Gasteiger partial charge in [0.25, 0.3) is 0 Å². The van der Waals surface area contributed by atoms with Crippen LogP contribution >= 0.6 is 11.3 Å². The van der Waals surface area contributed by atoms with Crippen LogP contribution in [0.1, 0.15) is 39.1 Å². The summed E-state index contributed by atoms with van der Waals surface area (Å²) in [6.07, 6.45) is 0.0584. The van der Waals surface area contributed by atoms with Crippen molar-refractivity contribution in [3.8, 4) is 0 Å². The van der Waals surface area contributed by atoms with E-state index >= 15 is 0 Å². The lowest BCUT2D eigenvalue weighted by atomic mass is 10.1. The first-order chi connectivity index (χ1) is 12.4. The van der Waals surface area contributed by atoms with E-state index in [1.165, 1.54) is 0 Å². The van der Waals surface area contributed by atoms with Gasteiger partial charge in [-0.15, -0.1) is 0 Å². The third-order valence-corrected chi connectivity index (χ3v) is 5.05. The molecule has 0 aliphatic heterocycles. The van der Waals surface area contributed by atoms with Gasteiger partial charge < -0.3 is 14.6 Å². The number of nitrogens with zero attached hydrogens (tertiary/aromatic N) is 2. The summed E-state index contributed by atoms with van der Waals surface area (Å²) in [5.74, 6) is -0.709. The molecule has 1 N–H and O–H groups in total. The molecule has 0 aliphatic carbocycles. The summed E-state index contributed by atoms with van der Waals surface area (Å²) in [5, 5.41) is 7.90. The molecule has 0 fully saturated rings. The van der Waals surface area contributed by atoms with Crippen molar-refractivity contribution < 1.29 is 18.8 Å². The minimum atomic E-state index is -0.434. The number of anilines is 1. The molecule has 0 saturated heterocycles. The van der Waals surface area contributed by atoms with Gasteiger partial charge in [0, 0.05) is 5.39 Å². The fourth-order valence-corrected chi connectivity index (χ4v) is 3.40. The number of benzene rings is 1. The van der Waals surface area contributed by atoms with Crippen LogP contribution in [0.5, 0.6) is 0 Å². The number of esters is 1. The average molecular weight is 373 g/mol. The van der Waals surface area contributed by atoms with Crippen LogP contribution in [0, 0.1) is 20.8 Å². The highest BCUT2D eigenvalue weighted by Crippen LogP contribution is 2.25. The molecule has 1 amide bonds. The number of carbonyl (C=O) groups is 2.